The zero-order chi connectivity index (χ0) is 21.7. The number of aryl methyl sites for hydroxylation is 5. The zero-order valence-corrected chi connectivity index (χ0v) is 17.5. The summed E-state index contributed by atoms with van der Waals surface area (Å²) in [7, 11) is 1.57. The lowest BCUT2D eigenvalue weighted by Gasteiger charge is -2.10. The third kappa shape index (κ3) is 2.83. The van der Waals surface area contributed by atoms with Crippen molar-refractivity contribution >= 4 is 16.9 Å². The molecule has 154 valence electrons. The van der Waals surface area contributed by atoms with Crippen LogP contribution in [0.4, 0.5) is 0 Å². The van der Waals surface area contributed by atoms with E-state index in [1.807, 2.05) is 36.6 Å². The van der Waals surface area contributed by atoms with Crippen LogP contribution >= 0.6 is 0 Å². The molecule has 0 aliphatic rings. The Kier molecular flexibility index (Phi) is 4.57. The van der Waals surface area contributed by atoms with E-state index in [1.165, 1.54) is 4.74 Å². The topological polar surface area (TPSA) is 103 Å². The lowest BCUT2D eigenvalue weighted by Crippen LogP contribution is -2.11. The summed E-state index contributed by atoms with van der Waals surface area (Å²) in [5.41, 5.74) is 4.70. The van der Waals surface area contributed by atoms with Crippen LogP contribution in [0.1, 0.15) is 34.4 Å². The quantitative estimate of drug-likeness (QED) is 0.554. The molecule has 0 radical (unpaired) electrons. The molecule has 4 rings (SSSR count). The molecule has 30 heavy (non-hydrogen) atoms. The van der Waals surface area contributed by atoms with Gasteiger partial charge in [0.15, 0.2) is 5.69 Å². The maximum absolute atomic E-state index is 12.3. The molecule has 4 aromatic heterocycles. The summed E-state index contributed by atoms with van der Waals surface area (Å²) in [5, 5.41) is 10.5. The van der Waals surface area contributed by atoms with Crippen LogP contribution in [0.25, 0.3) is 33.4 Å². The first-order chi connectivity index (χ1) is 14.2. The summed E-state index contributed by atoms with van der Waals surface area (Å²) in [6.07, 6.45) is 1.65. The Balaban J connectivity index is 1.94. The molecular formula is C22H22N4O4. The van der Waals surface area contributed by atoms with Gasteiger partial charge in [-0.15, -0.1) is 0 Å². The van der Waals surface area contributed by atoms with E-state index in [1.54, 1.807) is 27.1 Å². The van der Waals surface area contributed by atoms with Gasteiger partial charge >= 0.3 is 5.97 Å². The minimum atomic E-state index is -1.06. The van der Waals surface area contributed by atoms with E-state index < -0.39 is 5.97 Å². The van der Waals surface area contributed by atoms with Crippen molar-refractivity contribution in [2.75, 3.05) is 0 Å². The maximum Gasteiger partial charge on any atom is 0.356 e. The summed E-state index contributed by atoms with van der Waals surface area (Å²) in [4.78, 5) is 33.0. The predicted octanol–water partition coefficient (Wildman–Crippen LogP) is 3.70. The van der Waals surface area contributed by atoms with Gasteiger partial charge in [-0.25, -0.2) is 9.78 Å². The molecule has 0 spiro atoms. The molecule has 0 atom stereocenters. The van der Waals surface area contributed by atoms with Crippen molar-refractivity contribution in [1.29, 1.82) is 0 Å². The number of carbonyl (C=O) groups is 1. The second kappa shape index (κ2) is 6.98. The minimum Gasteiger partial charge on any atom is -0.476 e. The van der Waals surface area contributed by atoms with Crippen LogP contribution in [0.2, 0.25) is 0 Å². The highest BCUT2D eigenvalue weighted by molar-refractivity contribution is 6.04. The fourth-order valence-corrected chi connectivity index (χ4v) is 4.07. The number of pyridine rings is 2. The molecule has 4 aromatic rings. The third-order valence-electron chi connectivity index (χ3n) is 5.36. The highest BCUT2D eigenvalue weighted by atomic mass is 16.5. The molecule has 0 unspecified atom stereocenters. The average Bonchev–Trinajstić information content (AvgIpc) is 3.13. The largest absolute Gasteiger partial charge is 0.476 e. The summed E-state index contributed by atoms with van der Waals surface area (Å²) in [6, 6.07) is 5.58. The molecule has 0 bridgehead atoms. The van der Waals surface area contributed by atoms with Gasteiger partial charge in [0.25, 0.3) is 5.56 Å². The van der Waals surface area contributed by atoms with Crippen LogP contribution in [0.5, 0.6) is 0 Å². The monoisotopic (exact) mass is 406 g/mol. The van der Waals surface area contributed by atoms with Gasteiger partial charge in [0.05, 0.1) is 22.5 Å². The van der Waals surface area contributed by atoms with Gasteiger partial charge in [-0.1, -0.05) is 6.07 Å². The van der Waals surface area contributed by atoms with Crippen molar-refractivity contribution in [1.82, 2.24) is 19.3 Å². The van der Waals surface area contributed by atoms with Crippen LogP contribution < -0.4 is 5.56 Å². The standard InChI is InChI=1S/C22H22N4O4/c1-6-26-19(12(3)15-9-11(2)24-18(20(15)26)22(28)29)16-8-7-14(10-23-16)17-13(4)30-25(5)21(17)27/h7-10H,6H2,1-5H3,(H,28,29). The lowest BCUT2D eigenvalue weighted by atomic mass is 10.1. The van der Waals surface area contributed by atoms with E-state index in [4.69, 9.17) is 4.52 Å². The van der Waals surface area contributed by atoms with Crippen LogP contribution in [0, 0.1) is 20.8 Å². The molecule has 0 aliphatic carbocycles. The molecule has 1 N–H and O–H groups in total. The predicted molar refractivity (Wildman–Crippen MR) is 113 cm³/mol. The van der Waals surface area contributed by atoms with Crippen molar-refractivity contribution in [3.8, 4) is 22.5 Å². The first-order valence-corrected chi connectivity index (χ1v) is 9.62. The van der Waals surface area contributed by atoms with E-state index in [2.05, 4.69) is 9.97 Å². The number of nitrogens with zero attached hydrogens (tertiary/aromatic N) is 4. The fourth-order valence-electron chi connectivity index (χ4n) is 4.07. The van der Waals surface area contributed by atoms with Gasteiger partial charge in [0, 0.05) is 36.4 Å². The van der Waals surface area contributed by atoms with E-state index in [0.717, 1.165) is 16.6 Å². The lowest BCUT2D eigenvalue weighted by molar-refractivity contribution is 0.0692. The fraction of sp³-hybridized carbons (Fsp3) is 0.273. The number of hydrogen-bond donors (Lipinski definition) is 1. The van der Waals surface area contributed by atoms with Crippen LogP contribution in [-0.4, -0.2) is 30.4 Å². The van der Waals surface area contributed by atoms with Gasteiger partial charge < -0.3 is 14.2 Å². The smallest absolute Gasteiger partial charge is 0.356 e. The van der Waals surface area contributed by atoms with Crippen LogP contribution in [-0.2, 0) is 13.6 Å². The summed E-state index contributed by atoms with van der Waals surface area (Å²) in [6.45, 7) is 8.01. The second-order valence-electron chi connectivity index (χ2n) is 7.29. The Bertz CT molecular complexity index is 1360. The normalized spacial score (nSPS) is 11.4. The number of aromatic carboxylic acids is 1. The van der Waals surface area contributed by atoms with Gasteiger partial charge in [-0.2, -0.15) is 4.74 Å². The van der Waals surface area contributed by atoms with E-state index >= 15 is 0 Å². The molecule has 8 nitrogen and oxygen atoms in total. The van der Waals surface area contributed by atoms with Gasteiger partial charge in [0.2, 0.25) is 0 Å². The van der Waals surface area contributed by atoms with Gasteiger partial charge in [0.1, 0.15) is 5.76 Å². The number of fused-ring (bicyclic) bond motifs is 1. The number of aromatic nitrogens is 4. The number of hydrogen-bond acceptors (Lipinski definition) is 5. The van der Waals surface area contributed by atoms with Crippen molar-refractivity contribution in [3.63, 3.8) is 0 Å². The Morgan fingerprint density at radius 3 is 2.50 bits per heavy atom. The van der Waals surface area contributed by atoms with Crippen LogP contribution in [0.15, 0.2) is 33.7 Å². The zero-order valence-electron chi connectivity index (χ0n) is 17.5. The Morgan fingerprint density at radius 1 is 1.23 bits per heavy atom. The van der Waals surface area contributed by atoms with Gasteiger partial charge in [-0.05, 0) is 45.4 Å². The molecule has 0 fully saturated rings. The van der Waals surface area contributed by atoms with Crippen LogP contribution in [0.3, 0.4) is 0 Å². The Hall–Kier alpha value is -3.68. The molecular weight excluding hydrogens is 384 g/mol. The molecule has 0 saturated carbocycles. The van der Waals surface area contributed by atoms with Gasteiger partial charge in [-0.3, -0.25) is 9.78 Å². The number of rotatable bonds is 4. The highest BCUT2D eigenvalue weighted by Crippen LogP contribution is 2.35. The van der Waals surface area contributed by atoms with Crippen molar-refractivity contribution in [2.45, 2.75) is 34.2 Å². The summed E-state index contributed by atoms with van der Waals surface area (Å²) in [5.74, 6) is -0.527. The number of carboxylic acids is 1. The molecule has 8 heteroatoms. The second-order valence-corrected chi connectivity index (χ2v) is 7.29. The molecule has 0 saturated heterocycles. The molecule has 4 heterocycles. The van der Waals surface area contributed by atoms with E-state index in [0.29, 0.717) is 40.3 Å². The molecule has 0 aromatic carbocycles. The SMILES string of the molecule is CCn1c(-c2ccc(-c3c(C)on(C)c3=O)cn2)c(C)c2cc(C)nc(C(=O)O)c21. The first-order valence-electron chi connectivity index (χ1n) is 9.62. The van der Waals surface area contributed by atoms with E-state index in [9.17, 15) is 14.7 Å². The Morgan fingerprint density at radius 2 is 1.97 bits per heavy atom. The molecule has 0 aliphatic heterocycles. The van der Waals surface area contributed by atoms with Crippen molar-refractivity contribution in [2.24, 2.45) is 7.05 Å². The summed E-state index contributed by atoms with van der Waals surface area (Å²) < 4.78 is 8.50. The Labute approximate surface area is 172 Å². The molecule has 0 amide bonds. The highest BCUT2D eigenvalue weighted by Gasteiger charge is 2.23. The average molecular weight is 406 g/mol. The third-order valence-corrected chi connectivity index (χ3v) is 5.36. The minimum absolute atomic E-state index is 0.0374. The van der Waals surface area contributed by atoms with E-state index in [-0.39, 0.29) is 11.3 Å². The van der Waals surface area contributed by atoms with Crippen molar-refractivity contribution in [3.05, 3.63) is 57.5 Å². The van der Waals surface area contributed by atoms with Crippen molar-refractivity contribution < 1.29 is 14.4 Å². The summed E-state index contributed by atoms with van der Waals surface area (Å²) >= 11 is 0. The maximum atomic E-state index is 12.3. The first kappa shape index (κ1) is 19.6. The number of carboxylic acid groups (broad SMARTS) is 1.